The summed E-state index contributed by atoms with van der Waals surface area (Å²) < 4.78 is 5.07. The van der Waals surface area contributed by atoms with Gasteiger partial charge in [-0.1, -0.05) is 20.3 Å². The zero-order valence-corrected chi connectivity index (χ0v) is 8.88. The maximum atomic E-state index is 11.5. The first-order chi connectivity index (χ1) is 6.16. The van der Waals surface area contributed by atoms with Gasteiger partial charge in [0.15, 0.2) is 0 Å². The van der Waals surface area contributed by atoms with Gasteiger partial charge >= 0.3 is 5.97 Å². The van der Waals surface area contributed by atoms with E-state index in [0.717, 1.165) is 6.42 Å². The van der Waals surface area contributed by atoms with E-state index in [1.54, 1.807) is 0 Å². The molecule has 1 aliphatic carbocycles. The van der Waals surface area contributed by atoms with Crippen LogP contribution in [0.4, 0.5) is 0 Å². The smallest absolute Gasteiger partial charge is 0.309 e. The highest BCUT2D eigenvalue weighted by Gasteiger charge is 2.35. The fourth-order valence-corrected chi connectivity index (χ4v) is 2.33. The second-order valence-electron chi connectivity index (χ2n) is 4.20. The van der Waals surface area contributed by atoms with Crippen LogP contribution in [0.5, 0.6) is 0 Å². The van der Waals surface area contributed by atoms with Crippen molar-refractivity contribution in [2.45, 2.75) is 40.0 Å². The number of carbonyl (C=O) groups excluding carboxylic acids is 1. The number of esters is 1. The summed E-state index contributed by atoms with van der Waals surface area (Å²) in [6, 6.07) is 0. The summed E-state index contributed by atoms with van der Waals surface area (Å²) in [6.45, 7) is 6.78. The average Bonchev–Trinajstić information content (AvgIpc) is 2.52. The molecule has 2 nitrogen and oxygen atoms in total. The second-order valence-corrected chi connectivity index (χ2v) is 4.20. The first kappa shape index (κ1) is 10.6. The van der Waals surface area contributed by atoms with Crippen molar-refractivity contribution in [2.75, 3.05) is 6.61 Å². The van der Waals surface area contributed by atoms with E-state index in [0.29, 0.717) is 18.4 Å². The zero-order valence-electron chi connectivity index (χ0n) is 8.88. The SMILES string of the molecule is CCOC(=O)[C@H]1CCC[C@H]1C(C)C. The van der Waals surface area contributed by atoms with Gasteiger partial charge in [-0.25, -0.2) is 0 Å². The topological polar surface area (TPSA) is 26.3 Å². The molecule has 0 unspecified atom stereocenters. The van der Waals surface area contributed by atoms with Crippen LogP contribution in [0.15, 0.2) is 0 Å². The van der Waals surface area contributed by atoms with Crippen LogP contribution in [0.2, 0.25) is 0 Å². The Bertz CT molecular complexity index is 175. The third kappa shape index (κ3) is 2.45. The maximum absolute atomic E-state index is 11.5. The highest BCUT2D eigenvalue weighted by molar-refractivity contribution is 5.73. The van der Waals surface area contributed by atoms with E-state index in [9.17, 15) is 4.79 Å². The van der Waals surface area contributed by atoms with E-state index >= 15 is 0 Å². The average molecular weight is 184 g/mol. The van der Waals surface area contributed by atoms with Gasteiger partial charge in [-0.2, -0.15) is 0 Å². The number of rotatable bonds is 3. The largest absolute Gasteiger partial charge is 0.466 e. The van der Waals surface area contributed by atoms with Crippen LogP contribution < -0.4 is 0 Å². The summed E-state index contributed by atoms with van der Waals surface area (Å²) in [5.74, 6) is 1.37. The molecule has 0 aliphatic heterocycles. The van der Waals surface area contributed by atoms with Gasteiger partial charge in [0, 0.05) is 0 Å². The van der Waals surface area contributed by atoms with Crippen LogP contribution in [0.1, 0.15) is 40.0 Å². The Labute approximate surface area is 80.7 Å². The maximum Gasteiger partial charge on any atom is 0.309 e. The van der Waals surface area contributed by atoms with Crippen LogP contribution in [0.3, 0.4) is 0 Å². The molecule has 2 atom stereocenters. The van der Waals surface area contributed by atoms with Gasteiger partial charge in [0.25, 0.3) is 0 Å². The minimum Gasteiger partial charge on any atom is -0.466 e. The summed E-state index contributed by atoms with van der Waals surface area (Å²) >= 11 is 0. The Hall–Kier alpha value is -0.530. The van der Waals surface area contributed by atoms with E-state index < -0.39 is 0 Å². The summed E-state index contributed by atoms with van der Waals surface area (Å²) in [5, 5.41) is 0. The van der Waals surface area contributed by atoms with E-state index in [-0.39, 0.29) is 11.9 Å². The molecule has 0 heterocycles. The number of hydrogen-bond donors (Lipinski definition) is 0. The monoisotopic (exact) mass is 184 g/mol. The normalized spacial score (nSPS) is 28.0. The van der Waals surface area contributed by atoms with Crippen LogP contribution >= 0.6 is 0 Å². The van der Waals surface area contributed by atoms with Crippen molar-refractivity contribution in [3.05, 3.63) is 0 Å². The van der Waals surface area contributed by atoms with Crippen molar-refractivity contribution < 1.29 is 9.53 Å². The zero-order chi connectivity index (χ0) is 9.84. The Morgan fingerprint density at radius 1 is 1.46 bits per heavy atom. The van der Waals surface area contributed by atoms with Crippen LogP contribution in [0, 0.1) is 17.8 Å². The Kier molecular flexibility index (Phi) is 3.76. The first-order valence-corrected chi connectivity index (χ1v) is 5.33. The minimum absolute atomic E-state index is 0.0266. The van der Waals surface area contributed by atoms with Crippen molar-refractivity contribution in [1.29, 1.82) is 0 Å². The van der Waals surface area contributed by atoms with Crippen LogP contribution in [-0.2, 0) is 9.53 Å². The van der Waals surface area contributed by atoms with Crippen LogP contribution in [-0.4, -0.2) is 12.6 Å². The molecule has 0 saturated heterocycles. The highest BCUT2D eigenvalue weighted by Crippen LogP contribution is 2.37. The molecule has 0 radical (unpaired) electrons. The van der Waals surface area contributed by atoms with Crippen molar-refractivity contribution in [1.82, 2.24) is 0 Å². The lowest BCUT2D eigenvalue weighted by Crippen LogP contribution is -2.24. The number of hydrogen-bond acceptors (Lipinski definition) is 2. The van der Waals surface area contributed by atoms with Gasteiger partial charge < -0.3 is 4.74 Å². The fraction of sp³-hybridized carbons (Fsp3) is 0.909. The molecule has 0 aromatic rings. The molecule has 0 amide bonds. The van der Waals surface area contributed by atoms with Gasteiger partial charge in [-0.15, -0.1) is 0 Å². The molecule has 2 heteroatoms. The molecular weight excluding hydrogens is 164 g/mol. The van der Waals surface area contributed by atoms with Gasteiger partial charge in [0.1, 0.15) is 0 Å². The third-order valence-corrected chi connectivity index (χ3v) is 3.02. The fourth-order valence-electron chi connectivity index (χ4n) is 2.33. The molecule has 0 bridgehead atoms. The van der Waals surface area contributed by atoms with Gasteiger partial charge in [-0.3, -0.25) is 4.79 Å². The predicted molar refractivity (Wildman–Crippen MR) is 52.3 cm³/mol. The van der Waals surface area contributed by atoms with Crippen LogP contribution in [0.25, 0.3) is 0 Å². The van der Waals surface area contributed by atoms with Gasteiger partial charge in [0.2, 0.25) is 0 Å². The van der Waals surface area contributed by atoms with Gasteiger partial charge in [-0.05, 0) is 31.6 Å². The molecule has 0 N–H and O–H groups in total. The minimum atomic E-state index is 0.0266. The molecule has 1 rings (SSSR count). The summed E-state index contributed by atoms with van der Waals surface area (Å²) in [5.41, 5.74) is 0. The lowest BCUT2D eigenvalue weighted by molar-refractivity contribution is -0.149. The molecular formula is C11H20O2. The van der Waals surface area contributed by atoms with Crippen molar-refractivity contribution in [3.8, 4) is 0 Å². The quantitative estimate of drug-likeness (QED) is 0.630. The van der Waals surface area contributed by atoms with Crippen molar-refractivity contribution in [3.63, 3.8) is 0 Å². The van der Waals surface area contributed by atoms with E-state index in [2.05, 4.69) is 13.8 Å². The lowest BCUT2D eigenvalue weighted by atomic mass is 9.86. The summed E-state index contributed by atoms with van der Waals surface area (Å²) in [6.07, 6.45) is 3.41. The molecule has 1 aliphatic rings. The lowest BCUT2D eigenvalue weighted by Gasteiger charge is -2.21. The summed E-state index contributed by atoms with van der Waals surface area (Å²) in [4.78, 5) is 11.5. The third-order valence-electron chi connectivity index (χ3n) is 3.02. The van der Waals surface area contributed by atoms with E-state index in [1.165, 1.54) is 12.8 Å². The molecule has 0 aromatic carbocycles. The number of ether oxygens (including phenoxy) is 1. The Morgan fingerprint density at radius 2 is 2.15 bits per heavy atom. The first-order valence-electron chi connectivity index (χ1n) is 5.33. The molecule has 0 spiro atoms. The Morgan fingerprint density at radius 3 is 2.69 bits per heavy atom. The number of carbonyl (C=O) groups is 1. The molecule has 1 fully saturated rings. The highest BCUT2D eigenvalue weighted by atomic mass is 16.5. The second kappa shape index (κ2) is 4.64. The van der Waals surface area contributed by atoms with Crippen molar-refractivity contribution >= 4 is 5.97 Å². The molecule has 0 aromatic heterocycles. The van der Waals surface area contributed by atoms with Gasteiger partial charge in [0.05, 0.1) is 12.5 Å². The standard InChI is InChI=1S/C11H20O2/c1-4-13-11(12)10-7-5-6-9(10)8(2)3/h8-10H,4-7H2,1-3H3/t9-,10-/m0/s1. The molecule has 13 heavy (non-hydrogen) atoms. The van der Waals surface area contributed by atoms with E-state index in [4.69, 9.17) is 4.74 Å². The molecule has 1 saturated carbocycles. The predicted octanol–water partition coefficient (Wildman–Crippen LogP) is 2.62. The van der Waals surface area contributed by atoms with Crippen molar-refractivity contribution in [2.24, 2.45) is 17.8 Å². The molecule has 76 valence electrons. The Balaban J connectivity index is 2.52. The van der Waals surface area contributed by atoms with E-state index in [1.807, 2.05) is 6.92 Å². The summed E-state index contributed by atoms with van der Waals surface area (Å²) in [7, 11) is 0.